The Morgan fingerprint density at radius 1 is 1.03 bits per heavy atom. The standard InChI is InChI=1S/C32H23NO/c1-4-23(32-24(5-2)26-18-11-13-21(3)31(26)34-32)25-17-12-20-29-30(25)27-16-9-10-19-28(27)33(29)22-14-7-6-8-15-22/h2,4,6-10,12,14-17,19-21H,13H2,1,3H3/b23-4-. The van der Waals surface area contributed by atoms with Crippen molar-refractivity contribution in [1.29, 1.82) is 0 Å². The van der Waals surface area contributed by atoms with Gasteiger partial charge in [-0.05, 0) is 36.8 Å². The van der Waals surface area contributed by atoms with Gasteiger partial charge in [-0.1, -0.05) is 79.3 Å². The Bertz CT molecular complexity index is 1710. The minimum Gasteiger partial charge on any atom is -0.458 e. The maximum absolute atomic E-state index is 6.48. The van der Waals surface area contributed by atoms with Gasteiger partial charge in [-0.2, -0.15) is 0 Å². The molecule has 2 heterocycles. The van der Waals surface area contributed by atoms with E-state index in [0.717, 1.165) is 51.4 Å². The van der Waals surface area contributed by atoms with Crippen LogP contribution >= 0.6 is 0 Å². The Balaban J connectivity index is 1.68. The van der Waals surface area contributed by atoms with Crippen molar-refractivity contribution >= 4 is 27.4 Å². The highest BCUT2D eigenvalue weighted by molar-refractivity contribution is 6.14. The van der Waals surface area contributed by atoms with Crippen molar-refractivity contribution < 1.29 is 4.42 Å². The Morgan fingerprint density at radius 3 is 2.59 bits per heavy atom. The summed E-state index contributed by atoms with van der Waals surface area (Å²) >= 11 is 0. The number of furan rings is 1. The zero-order valence-electron chi connectivity index (χ0n) is 19.2. The molecule has 0 aliphatic heterocycles. The predicted octanol–water partition coefficient (Wildman–Crippen LogP) is 7.67. The van der Waals surface area contributed by atoms with E-state index in [9.17, 15) is 0 Å². The minimum atomic E-state index is 0.228. The van der Waals surface area contributed by atoms with Gasteiger partial charge < -0.3 is 8.98 Å². The van der Waals surface area contributed by atoms with Crippen LogP contribution in [0.4, 0.5) is 0 Å². The fraction of sp³-hybridized carbons (Fsp3) is 0.125. The van der Waals surface area contributed by atoms with Gasteiger partial charge in [0.2, 0.25) is 0 Å². The van der Waals surface area contributed by atoms with E-state index in [1.54, 1.807) is 0 Å². The van der Waals surface area contributed by atoms with Gasteiger partial charge in [0.25, 0.3) is 0 Å². The molecule has 1 aliphatic rings. The van der Waals surface area contributed by atoms with E-state index in [0.29, 0.717) is 0 Å². The molecule has 6 rings (SSSR count). The second-order valence-electron chi connectivity index (χ2n) is 8.69. The maximum atomic E-state index is 6.48. The van der Waals surface area contributed by atoms with Crippen molar-refractivity contribution in [3.8, 4) is 29.9 Å². The first-order chi connectivity index (χ1) is 16.7. The Kier molecular flexibility index (Phi) is 4.68. The number of aromatic nitrogens is 1. The lowest BCUT2D eigenvalue weighted by molar-refractivity contribution is 0.466. The molecule has 0 spiro atoms. The molecule has 0 radical (unpaired) electrons. The van der Waals surface area contributed by atoms with Crippen LogP contribution in [-0.4, -0.2) is 4.57 Å². The smallest absolute Gasteiger partial charge is 0.151 e. The Hall–Kier alpha value is -4.40. The fourth-order valence-electron chi connectivity index (χ4n) is 5.14. The van der Waals surface area contributed by atoms with Crippen molar-refractivity contribution in [3.05, 3.63) is 107 Å². The molecule has 0 amide bonds. The van der Waals surface area contributed by atoms with E-state index in [1.807, 2.05) is 13.0 Å². The van der Waals surface area contributed by atoms with E-state index in [-0.39, 0.29) is 5.92 Å². The molecule has 0 fully saturated rings. The topological polar surface area (TPSA) is 18.1 Å². The number of hydrogen-bond donors (Lipinski definition) is 0. The molecule has 2 nitrogen and oxygen atoms in total. The summed E-state index contributed by atoms with van der Waals surface area (Å²) in [4.78, 5) is 0. The Labute approximate surface area is 199 Å². The van der Waals surface area contributed by atoms with E-state index in [1.165, 1.54) is 16.3 Å². The molecule has 0 bridgehead atoms. The monoisotopic (exact) mass is 437 g/mol. The zero-order chi connectivity index (χ0) is 23.2. The number of allylic oxidation sites excluding steroid dienone is 1. The highest BCUT2D eigenvalue weighted by atomic mass is 16.3. The number of terminal acetylenes is 1. The molecule has 2 aromatic heterocycles. The molecule has 2 heteroatoms. The van der Waals surface area contributed by atoms with Gasteiger partial charge in [0.1, 0.15) is 5.76 Å². The quantitative estimate of drug-likeness (QED) is 0.265. The summed E-state index contributed by atoms with van der Waals surface area (Å²) in [5.41, 5.74) is 7.18. The average molecular weight is 438 g/mol. The molecule has 162 valence electrons. The first-order valence-corrected chi connectivity index (χ1v) is 11.6. The molecule has 34 heavy (non-hydrogen) atoms. The average Bonchev–Trinajstić information content (AvgIpc) is 3.42. The van der Waals surface area contributed by atoms with Crippen LogP contribution in [0, 0.1) is 24.2 Å². The summed E-state index contributed by atoms with van der Waals surface area (Å²) in [6.07, 6.45) is 8.90. The van der Waals surface area contributed by atoms with Crippen LogP contribution in [0.5, 0.6) is 0 Å². The third-order valence-electron chi connectivity index (χ3n) is 6.68. The Morgan fingerprint density at radius 2 is 1.79 bits per heavy atom. The second kappa shape index (κ2) is 7.87. The van der Waals surface area contributed by atoms with Crippen molar-refractivity contribution in [3.63, 3.8) is 0 Å². The van der Waals surface area contributed by atoms with Crippen molar-refractivity contribution in [2.75, 3.05) is 0 Å². The van der Waals surface area contributed by atoms with Gasteiger partial charge in [-0.25, -0.2) is 0 Å². The van der Waals surface area contributed by atoms with Crippen LogP contribution in [-0.2, 0) is 0 Å². The van der Waals surface area contributed by atoms with Gasteiger partial charge in [0.15, 0.2) is 5.76 Å². The highest BCUT2D eigenvalue weighted by Crippen LogP contribution is 2.42. The van der Waals surface area contributed by atoms with E-state index in [2.05, 4.69) is 102 Å². The van der Waals surface area contributed by atoms with Crippen molar-refractivity contribution in [2.45, 2.75) is 26.2 Å². The van der Waals surface area contributed by atoms with Crippen LogP contribution in [0.3, 0.4) is 0 Å². The normalized spacial score (nSPS) is 15.1. The number of para-hydroxylation sites is 2. The molecule has 0 saturated heterocycles. The molecule has 1 atom stereocenters. The first-order valence-electron chi connectivity index (χ1n) is 11.6. The molecule has 3 aromatic carbocycles. The lowest BCUT2D eigenvalue weighted by atomic mass is 9.92. The molecular weight excluding hydrogens is 414 g/mol. The largest absolute Gasteiger partial charge is 0.458 e. The minimum absolute atomic E-state index is 0.228. The van der Waals surface area contributed by atoms with Crippen LogP contribution < -0.4 is 0 Å². The summed E-state index contributed by atoms with van der Waals surface area (Å²) in [6.45, 7) is 4.19. The third kappa shape index (κ3) is 2.86. The van der Waals surface area contributed by atoms with Gasteiger partial charge in [0, 0.05) is 34.4 Å². The molecule has 5 aromatic rings. The first kappa shape index (κ1) is 20.2. The summed E-state index contributed by atoms with van der Waals surface area (Å²) in [7, 11) is 0. The van der Waals surface area contributed by atoms with Gasteiger partial charge >= 0.3 is 0 Å². The second-order valence-corrected chi connectivity index (χ2v) is 8.69. The van der Waals surface area contributed by atoms with E-state index >= 15 is 0 Å². The summed E-state index contributed by atoms with van der Waals surface area (Å²) in [5, 5.41) is 2.38. The van der Waals surface area contributed by atoms with Crippen LogP contribution in [0.1, 0.15) is 54.4 Å². The molecule has 0 saturated carbocycles. The number of nitrogens with zero attached hydrogens (tertiary/aromatic N) is 1. The fourth-order valence-corrected chi connectivity index (χ4v) is 5.14. The summed E-state index contributed by atoms with van der Waals surface area (Å²) in [6, 6.07) is 25.5. The summed E-state index contributed by atoms with van der Waals surface area (Å²) < 4.78 is 8.80. The number of benzene rings is 3. The van der Waals surface area contributed by atoms with Crippen molar-refractivity contribution in [1.82, 2.24) is 4.57 Å². The van der Waals surface area contributed by atoms with Crippen LogP contribution in [0.25, 0.3) is 33.1 Å². The van der Waals surface area contributed by atoms with Gasteiger partial charge in [0.05, 0.1) is 22.2 Å². The molecule has 1 aliphatic carbocycles. The van der Waals surface area contributed by atoms with Gasteiger partial charge in [-0.3, -0.25) is 0 Å². The number of hydrogen-bond acceptors (Lipinski definition) is 1. The third-order valence-corrected chi connectivity index (χ3v) is 6.68. The van der Waals surface area contributed by atoms with E-state index < -0.39 is 0 Å². The zero-order valence-corrected chi connectivity index (χ0v) is 19.2. The van der Waals surface area contributed by atoms with E-state index in [4.69, 9.17) is 10.8 Å². The number of rotatable bonds is 3. The molecular formula is C32H23NO. The maximum Gasteiger partial charge on any atom is 0.151 e. The number of fused-ring (bicyclic) bond motifs is 4. The predicted molar refractivity (Wildman–Crippen MR) is 140 cm³/mol. The van der Waals surface area contributed by atoms with Crippen LogP contribution in [0.15, 0.2) is 83.3 Å². The van der Waals surface area contributed by atoms with Gasteiger partial charge in [-0.15, -0.1) is 6.42 Å². The SMILES string of the molecule is C#Cc1c(/C(=C\C)c2cccc3c2c2ccccc2n3-c2ccccc2)oc2c1C#CCC2C. The lowest BCUT2D eigenvalue weighted by Gasteiger charge is -2.10. The lowest BCUT2D eigenvalue weighted by Crippen LogP contribution is -1.97. The van der Waals surface area contributed by atoms with Crippen LogP contribution in [0.2, 0.25) is 0 Å². The molecule has 1 unspecified atom stereocenters. The van der Waals surface area contributed by atoms with Crippen molar-refractivity contribution in [2.24, 2.45) is 0 Å². The highest BCUT2D eigenvalue weighted by Gasteiger charge is 2.27. The molecule has 0 N–H and O–H groups in total. The summed E-state index contributed by atoms with van der Waals surface area (Å²) in [5.74, 6) is 11.2.